The van der Waals surface area contributed by atoms with E-state index in [4.69, 9.17) is 5.73 Å². The molecule has 0 spiro atoms. The van der Waals surface area contributed by atoms with E-state index in [1.165, 1.54) is 4.90 Å². The molecule has 0 aromatic carbocycles. The lowest BCUT2D eigenvalue weighted by molar-refractivity contribution is -0.157. The monoisotopic (exact) mass is 206 g/mol. The van der Waals surface area contributed by atoms with Crippen molar-refractivity contribution in [3.63, 3.8) is 0 Å². The number of hydrogen-bond donors (Lipinski definition) is 1. The zero-order valence-corrected chi connectivity index (χ0v) is 8.30. The van der Waals surface area contributed by atoms with Gasteiger partial charge in [-0.15, -0.1) is 0 Å². The number of nitrogens with two attached hydrogens (primary N) is 1. The smallest absolute Gasteiger partial charge is 0.336 e. The van der Waals surface area contributed by atoms with Gasteiger partial charge in [0.15, 0.2) is 0 Å². The summed E-state index contributed by atoms with van der Waals surface area (Å²) in [6, 6.07) is 0. The summed E-state index contributed by atoms with van der Waals surface area (Å²) in [6.07, 6.45) is 1.60. The van der Waals surface area contributed by atoms with Crippen molar-refractivity contribution in [1.29, 1.82) is 0 Å². The molecule has 1 saturated heterocycles. The minimum atomic E-state index is -3.39. The summed E-state index contributed by atoms with van der Waals surface area (Å²) in [5.74, 6) is -3.99. The summed E-state index contributed by atoms with van der Waals surface area (Å²) in [5, 5.41) is 0. The Kier molecular flexibility index (Phi) is 3.42. The van der Waals surface area contributed by atoms with Crippen LogP contribution >= 0.6 is 0 Å². The van der Waals surface area contributed by atoms with E-state index >= 15 is 0 Å². The van der Waals surface area contributed by atoms with Crippen LogP contribution in [0.1, 0.15) is 19.8 Å². The van der Waals surface area contributed by atoms with Gasteiger partial charge in [-0.1, -0.05) is 6.92 Å². The number of halogens is 2. The third kappa shape index (κ3) is 2.41. The topological polar surface area (TPSA) is 46.3 Å². The lowest BCUT2D eigenvalue weighted by atomic mass is 9.99. The van der Waals surface area contributed by atoms with Crippen molar-refractivity contribution in [2.75, 3.05) is 19.6 Å². The number of piperidine rings is 1. The second-order valence-corrected chi connectivity index (χ2v) is 3.88. The van der Waals surface area contributed by atoms with E-state index in [9.17, 15) is 13.6 Å². The van der Waals surface area contributed by atoms with Gasteiger partial charge < -0.3 is 10.6 Å². The number of amides is 1. The van der Waals surface area contributed by atoms with Gasteiger partial charge in [-0.05, 0) is 18.8 Å². The van der Waals surface area contributed by atoms with Gasteiger partial charge in [0.25, 0.3) is 5.91 Å². The van der Waals surface area contributed by atoms with Crippen molar-refractivity contribution in [2.24, 2.45) is 11.7 Å². The summed E-state index contributed by atoms with van der Waals surface area (Å²) in [5.41, 5.74) is 4.84. The number of alkyl halides is 2. The molecular weight excluding hydrogens is 190 g/mol. The summed E-state index contributed by atoms with van der Waals surface area (Å²) in [6.45, 7) is 2.01. The molecule has 0 aromatic rings. The summed E-state index contributed by atoms with van der Waals surface area (Å²) < 4.78 is 25.8. The van der Waals surface area contributed by atoms with Crippen LogP contribution in [0.5, 0.6) is 0 Å². The first-order chi connectivity index (χ1) is 6.47. The molecule has 1 rings (SSSR count). The lowest BCUT2D eigenvalue weighted by Crippen LogP contribution is -2.50. The van der Waals surface area contributed by atoms with Gasteiger partial charge in [0.05, 0.1) is 6.54 Å². The van der Waals surface area contributed by atoms with Crippen LogP contribution in [0.4, 0.5) is 8.78 Å². The first-order valence-electron chi connectivity index (χ1n) is 4.84. The fraction of sp³-hybridized carbons (Fsp3) is 0.889. The number of likely N-dealkylation sites (tertiary alicyclic amines) is 1. The van der Waals surface area contributed by atoms with Gasteiger partial charge in [-0.3, -0.25) is 4.79 Å². The molecule has 1 aliphatic rings. The van der Waals surface area contributed by atoms with Crippen LogP contribution in [0.25, 0.3) is 0 Å². The van der Waals surface area contributed by atoms with E-state index in [1.807, 2.05) is 0 Å². The normalized spacial score (nSPS) is 19.9. The van der Waals surface area contributed by atoms with Crippen molar-refractivity contribution >= 4 is 5.91 Å². The average molecular weight is 206 g/mol. The van der Waals surface area contributed by atoms with E-state index in [0.717, 1.165) is 12.8 Å². The summed E-state index contributed by atoms with van der Waals surface area (Å²) in [7, 11) is 0. The van der Waals surface area contributed by atoms with E-state index in [2.05, 4.69) is 6.92 Å². The van der Waals surface area contributed by atoms with Gasteiger partial charge in [0.2, 0.25) is 0 Å². The van der Waals surface area contributed by atoms with Crippen LogP contribution in [0.2, 0.25) is 0 Å². The molecule has 14 heavy (non-hydrogen) atoms. The first-order valence-corrected chi connectivity index (χ1v) is 4.84. The highest BCUT2D eigenvalue weighted by Crippen LogP contribution is 2.21. The average Bonchev–Trinajstić information content (AvgIpc) is 2.18. The minimum Gasteiger partial charge on any atom is -0.337 e. The number of hydrogen-bond acceptors (Lipinski definition) is 2. The van der Waals surface area contributed by atoms with Crippen LogP contribution in [0.15, 0.2) is 0 Å². The predicted molar refractivity (Wildman–Crippen MR) is 49.0 cm³/mol. The Hall–Kier alpha value is -0.710. The van der Waals surface area contributed by atoms with Crippen molar-refractivity contribution < 1.29 is 13.6 Å². The Bertz CT molecular complexity index is 213. The largest absolute Gasteiger partial charge is 0.337 e. The standard InChI is InChI=1S/C9H16F2N2O/c1-7-2-4-13(5-3-7)8(14)9(10,11)6-12/h7H,2-6,12H2,1H3. The third-order valence-electron chi connectivity index (χ3n) is 2.64. The van der Waals surface area contributed by atoms with Crippen molar-refractivity contribution in [3.05, 3.63) is 0 Å². The molecule has 1 aliphatic heterocycles. The maximum absolute atomic E-state index is 12.9. The summed E-state index contributed by atoms with van der Waals surface area (Å²) in [4.78, 5) is 12.5. The molecule has 1 fully saturated rings. The van der Waals surface area contributed by atoms with Crippen LogP contribution in [0.3, 0.4) is 0 Å². The van der Waals surface area contributed by atoms with Gasteiger partial charge in [-0.25, -0.2) is 0 Å². The third-order valence-corrected chi connectivity index (χ3v) is 2.64. The molecule has 1 heterocycles. The maximum atomic E-state index is 12.9. The minimum absolute atomic E-state index is 0.426. The highest BCUT2D eigenvalue weighted by Gasteiger charge is 2.41. The zero-order chi connectivity index (χ0) is 10.8. The molecule has 0 bridgehead atoms. The number of carbonyl (C=O) groups excluding carboxylic acids is 1. The molecule has 0 radical (unpaired) electrons. The Labute approximate surface area is 82.2 Å². The highest BCUT2D eigenvalue weighted by atomic mass is 19.3. The first kappa shape index (κ1) is 11.4. The predicted octanol–water partition coefficient (Wildman–Crippen LogP) is 0.839. The quantitative estimate of drug-likeness (QED) is 0.727. The van der Waals surface area contributed by atoms with E-state index < -0.39 is 18.4 Å². The molecule has 2 N–H and O–H groups in total. The van der Waals surface area contributed by atoms with Gasteiger partial charge in [0, 0.05) is 13.1 Å². The lowest BCUT2D eigenvalue weighted by Gasteiger charge is -2.32. The molecular formula is C9H16F2N2O. The highest BCUT2D eigenvalue weighted by molar-refractivity contribution is 5.83. The van der Waals surface area contributed by atoms with E-state index in [-0.39, 0.29) is 0 Å². The Balaban J connectivity index is 2.54. The summed E-state index contributed by atoms with van der Waals surface area (Å²) >= 11 is 0. The van der Waals surface area contributed by atoms with Crippen LogP contribution in [-0.4, -0.2) is 36.4 Å². The second kappa shape index (κ2) is 4.21. The maximum Gasteiger partial charge on any atom is 0.336 e. The van der Waals surface area contributed by atoms with Crippen LogP contribution in [0, 0.1) is 5.92 Å². The molecule has 82 valence electrons. The second-order valence-electron chi connectivity index (χ2n) is 3.88. The van der Waals surface area contributed by atoms with Gasteiger partial charge in [-0.2, -0.15) is 8.78 Å². The molecule has 1 amide bonds. The molecule has 0 unspecified atom stereocenters. The Morgan fingerprint density at radius 1 is 1.50 bits per heavy atom. The zero-order valence-electron chi connectivity index (χ0n) is 8.30. The number of nitrogens with zero attached hydrogens (tertiary/aromatic N) is 1. The Morgan fingerprint density at radius 3 is 2.43 bits per heavy atom. The van der Waals surface area contributed by atoms with Crippen molar-refractivity contribution in [2.45, 2.75) is 25.7 Å². The van der Waals surface area contributed by atoms with Gasteiger partial charge >= 0.3 is 5.92 Å². The SMILES string of the molecule is CC1CCN(C(=O)C(F)(F)CN)CC1. The molecule has 0 aliphatic carbocycles. The number of carbonyl (C=O) groups is 1. The van der Waals surface area contributed by atoms with E-state index in [0.29, 0.717) is 19.0 Å². The molecule has 3 nitrogen and oxygen atoms in total. The van der Waals surface area contributed by atoms with Crippen LogP contribution in [-0.2, 0) is 4.79 Å². The Morgan fingerprint density at radius 2 is 2.00 bits per heavy atom. The van der Waals surface area contributed by atoms with E-state index in [1.54, 1.807) is 0 Å². The molecule has 0 aromatic heterocycles. The fourth-order valence-corrected chi connectivity index (χ4v) is 1.53. The number of rotatable bonds is 2. The van der Waals surface area contributed by atoms with Crippen molar-refractivity contribution in [3.8, 4) is 0 Å². The van der Waals surface area contributed by atoms with Crippen molar-refractivity contribution in [1.82, 2.24) is 4.90 Å². The molecule has 0 saturated carbocycles. The fourth-order valence-electron chi connectivity index (χ4n) is 1.53. The molecule has 5 heteroatoms. The molecule has 0 atom stereocenters. The van der Waals surface area contributed by atoms with Gasteiger partial charge in [0.1, 0.15) is 0 Å². The van der Waals surface area contributed by atoms with Crippen LogP contribution < -0.4 is 5.73 Å².